The van der Waals surface area contributed by atoms with Gasteiger partial charge in [-0.05, 0) is 136 Å². The minimum atomic E-state index is 0.521. The van der Waals surface area contributed by atoms with Gasteiger partial charge in [0, 0.05) is 11.1 Å². The number of rotatable bonds is 12. The van der Waals surface area contributed by atoms with Crippen molar-refractivity contribution in [2.45, 2.75) is 39.5 Å². The fraction of sp³-hybridized carbons (Fsp3) is 0.164. The molecule has 4 aliphatic rings. The van der Waals surface area contributed by atoms with E-state index in [0.29, 0.717) is 12.5 Å². The molecule has 57 heavy (non-hydrogen) atoms. The molecule has 7 aromatic carbocycles. The van der Waals surface area contributed by atoms with Crippen LogP contribution in [0.25, 0.3) is 68.1 Å². The first kappa shape index (κ1) is 33.9. The normalized spacial score (nSPS) is 14.6. The van der Waals surface area contributed by atoms with Crippen molar-refractivity contribution in [3.63, 3.8) is 0 Å². The van der Waals surface area contributed by atoms with Crippen LogP contribution in [0.15, 0.2) is 121 Å². The summed E-state index contributed by atoms with van der Waals surface area (Å²) in [6, 6.07) is 44.8. The molecular weight excluding hydrogens is 693 g/mol. The summed E-state index contributed by atoms with van der Waals surface area (Å²) in [6.45, 7) is 5.24. The zero-order valence-electron chi connectivity index (χ0n) is 32.8. The number of hydrogen-bond donors (Lipinski definition) is 0. The Labute approximate surface area is 335 Å². The SMILES string of the molecule is CCCCC(CC)COc1cc(/C=C/c2ccc3c(c2)C2=C3c3cccc4cccc2c34)c(OC)cc1/C=C/c1ccc2c(c1)C1=C2c2cccc3cccc1c23. The predicted octanol–water partition coefficient (Wildman–Crippen LogP) is 14.2. The zero-order chi connectivity index (χ0) is 38.2. The highest BCUT2D eigenvalue weighted by Crippen LogP contribution is 2.57. The van der Waals surface area contributed by atoms with E-state index in [9.17, 15) is 0 Å². The zero-order valence-corrected chi connectivity index (χ0v) is 32.8. The molecule has 0 bridgehead atoms. The van der Waals surface area contributed by atoms with Crippen LogP contribution < -0.4 is 9.47 Å². The van der Waals surface area contributed by atoms with Crippen molar-refractivity contribution in [2.24, 2.45) is 5.92 Å². The molecule has 1 unspecified atom stereocenters. The molecule has 1 atom stereocenters. The fourth-order valence-corrected chi connectivity index (χ4v) is 9.86. The van der Waals surface area contributed by atoms with Crippen LogP contribution in [0.4, 0.5) is 0 Å². The Morgan fingerprint density at radius 3 is 1.44 bits per heavy atom. The fourth-order valence-electron chi connectivity index (χ4n) is 9.86. The molecule has 0 saturated carbocycles. The van der Waals surface area contributed by atoms with E-state index in [1.807, 2.05) is 0 Å². The van der Waals surface area contributed by atoms with Gasteiger partial charge in [-0.2, -0.15) is 0 Å². The first-order chi connectivity index (χ1) is 28.1. The third-order valence-corrected chi connectivity index (χ3v) is 12.8. The van der Waals surface area contributed by atoms with Crippen molar-refractivity contribution in [2.75, 3.05) is 13.7 Å². The summed E-state index contributed by atoms with van der Waals surface area (Å²) in [5.74, 6) is 2.23. The number of unbranched alkanes of at least 4 members (excludes halogenated alkanes) is 1. The summed E-state index contributed by atoms with van der Waals surface area (Å²) in [6.07, 6.45) is 13.5. The van der Waals surface area contributed by atoms with Crippen LogP contribution in [0.5, 0.6) is 11.5 Å². The number of methoxy groups -OCH3 is 1. The first-order valence-electron chi connectivity index (χ1n) is 20.7. The molecule has 0 amide bonds. The van der Waals surface area contributed by atoms with Gasteiger partial charge < -0.3 is 9.47 Å². The van der Waals surface area contributed by atoms with Crippen molar-refractivity contribution >= 4 is 68.1 Å². The maximum Gasteiger partial charge on any atom is 0.127 e. The minimum absolute atomic E-state index is 0.521. The van der Waals surface area contributed by atoms with Gasteiger partial charge in [-0.25, -0.2) is 0 Å². The summed E-state index contributed by atoms with van der Waals surface area (Å²) in [5, 5.41) is 5.39. The summed E-state index contributed by atoms with van der Waals surface area (Å²) < 4.78 is 12.8. The Balaban J connectivity index is 0.905. The average Bonchev–Trinajstić information content (AvgIpc) is 3.69. The van der Waals surface area contributed by atoms with Crippen molar-refractivity contribution in [1.29, 1.82) is 0 Å². The highest BCUT2D eigenvalue weighted by molar-refractivity contribution is 6.28. The van der Waals surface area contributed by atoms with Gasteiger partial charge in [0.2, 0.25) is 0 Å². The molecule has 0 fully saturated rings. The Morgan fingerprint density at radius 1 is 0.491 bits per heavy atom. The topological polar surface area (TPSA) is 18.5 Å². The lowest BCUT2D eigenvalue weighted by molar-refractivity contribution is 0.232. The Kier molecular flexibility index (Phi) is 7.96. The molecule has 0 aliphatic heterocycles. The maximum atomic E-state index is 6.74. The van der Waals surface area contributed by atoms with Crippen molar-refractivity contribution in [1.82, 2.24) is 0 Å². The Morgan fingerprint density at radius 2 is 0.965 bits per heavy atom. The van der Waals surface area contributed by atoms with Crippen molar-refractivity contribution in [3.05, 3.63) is 188 Å². The molecule has 7 aromatic rings. The second kappa shape index (κ2) is 13.4. The number of fused-ring (bicyclic) bond motifs is 10. The summed E-state index contributed by atoms with van der Waals surface area (Å²) in [4.78, 5) is 0. The van der Waals surface area contributed by atoms with E-state index >= 15 is 0 Å². The third kappa shape index (κ3) is 5.23. The second-order valence-electron chi connectivity index (χ2n) is 16.1. The molecule has 2 nitrogen and oxygen atoms in total. The molecule has 0 aromatic heterocycles. The van der Waals surface area contributed by atoms with Gasteiger partial charge >= 0.3 is 0 Å². The molecule has 0 N–H and O–H groups in total. The largest absolute Gasteiger partial charge is 0.496 e. The quantitative estimate of drug-likeness (QED) is 0.116. The molecule has 4 aliphatic carbocycles. The van der Waals surface area contributed by atoms with Gasteiger partial charge in [0.05, 0.1) is 13.7 Å². The van der Waals surface area contributed by atoms with Gasteiger partial charge in [0.25, 0.3) is 0 Å². The molecular formula is C55H44O2. The van der Waals surface area contributed by atoms with E-state index in [1.165, 1.54) is 119 Å². The third-order valence-electron chi connectivity index (χ3n) is 12.8. The van der Waals surface area contributed by atoms with Crippen LogP contribution in [0.2, 0.25) is 0 Å². The molecule has 0 heterocycles. The molecule has 2 heteroatoms. The van der Waals surface area contributed by atoms with Crippen LogP contribution >= 0.6 is 0 Å². The summed E-state index contributed by atoms with van der Waals surface area (Å²) in [7, 11) is 1.76. The number of ether oxygens (including phenoxy) is 2. The van der Waals surface area contributed by atoms with Gasteiger partial charge in [-0.1, -0.05) is 154 Å². The van der Waals surface area contributed by atoms with E-state index in [-0.39, 0.29) is 0 Å². The highest BCUT2D eigenvalue weighted by atomic mass is 16.5. The van der Waals surface area contributed by atoms with E-state index in [1.54, 1.807) is 7.11 Å². The Bertz CT molecular complexity index is 2960. The first-order valence-corrected chi connectivity index (χ1v) is 20.7. The van der Waals surface area contributed by atoms with Gasteiger partial charge in [0.1, 0.15) is 11.5 Å². The summed E-state index contributed by atoms with van der Waals surface area (Å²) >= 11 is 0. The van der Waals surface area contributed by atoms with Gasteiger partial charge in [-0.15, -0.1) is 0 Å². The number of hydrogen-bond acceptors (Lipinski definition) is 2. The molecule has 0 spiro atoms. The van der Waals surface area contributed by atoms with Crippen LogP contribution in [-0.4, -0.2) is 13.7 Å². The molecule has 0 saturated heterocycles. The number of benzene rings is 7. The molecule has 0 radical (unpaired) electrons. The Hall–Kier alpha value is -6.38. The van der Waals surface area contributed by atoms with Crippen LogP contribution in [0, 0.1) is 5.92 Å². The van der Waals surface area contributed by atoms with Crippen LogP contribution in [0.3, 0.4) is 0 Å². The monoisotopic (exact) mass is 736 g/mol. The molecule has 276 valence electrons. The van der Waals surface area contributed by atoms with Crippen LogP contribution in [-0.2, 0) is 0 Å². The van der Waals surface area contributed by atoms with E-state index in [2.05, 4.69) is 159 Å². The van der Waals surface area contributed by atoms with E-state index in [4.69, 9.17) is 9.47 Å². The predicted molar refractivity (Wildman–Crippen MR) is 240 cm³/mol. The maximum absolute atomic E-state index is 6.74. The average molecular weight is 737 g/mol. The lowest BCUT2D eigenvalue weighted by Gasteiger charge is -2.24. The van der Waals surface area contributed by atoms with Crippen LogP contribution in [0.1, 0.15) is 106 Å². The minimum Gasteiger partial charge on any atom is -0.496 e. The van der Waals surface area contributed by atoms with Gasteiger partial charge in [-0.3, -0.25) is 0 Å². The van der Waals surface area contributed by atoms with Crippen molar-refractivity contribution < 1.29 is 9.47 Å². The van der Waals surface area contributed by atoms with E-state index in [0.717, 1.165) is 29.0 Å². The summed E-state index contributed by atoms with van der Waals surface area (Å²) in [5.41, 5.74) is 20.8. The van der Waals surface area contributed by atoms with Gasteiger partial charge in [0.15, 0.2) is 0 Å². The smallest absolute Gasteiger partial charge is 0.127 e. The lowest BCUT2D eigenvalue weighted by atomic mass is 9.78. The second-order valence-corrected chi connectivity index (χ2v) is 16.1. The van der Waals surface area contributed by atoms with Crippen molar-refractivity contribution in [3.8, 4) is 11.5 Å². The standard InChI is InChI=1S/C55H44O2/c1-4-6-11-33(5-2)32-57-49-31-38(24-20-34-22-26-40-46(28-34)54-44-18-9-14-36-12-7-16-42(50(36)44)52(40)54)48(56-3)30-39(49)25-21-35-23-27-41-47(29-35)55-45-19-10-15-37-13-8-17-43(51(37)45)53(41)55/h7-10,12-31,33H,4-6,11,32H2,1-3H3/b24-20+,25-21+. The molecule has 11 rings (SSSR count). The highest BCUT2D eigenvalue weighted by Gasteiger charge is 2.36. The van der Waals surface area contributed by atoms with E-state index < -0.39 is 0 Å². The lowest BCUT2D eigenvalue weighted by Crippen LogP contribution is -2.12.